The third kappa shape index (κ3) is 3.54. The Morgan fingerprint density at radius 2 is 1.33 bits per heavy atom. The zero-order valence-corrected chi connectivity index (χ0v) is 19.9. The molecule has 4 aromatic carbocycles. The fourth-order valence-corrected chi connectivity index (χ4v) is 5.87. The Morgan fingerprint density at radius 3 is 2.00 bits per heavy atom. The first-order valence-electron chi connectivity index (χ1n) is 11.4. The number of sulfone groups is 1. The van der Waals surface area contributed by atoms with Crippen LogP contribution in [0.25, 0.3) is 38.6 Å². The molecule has 0 saturated carbocycles. The number of rotatable bonds is 4. The van der Waals surface area contributed by atoms with Crippen LogP contribution in [0.5, 0.6) is 0 Å². The van der Waals surface area contributed by atoms with E-state index in [4.69, 9.17) is 0 Å². The number of fused-ring (bicyclic) bond motifs is 3. The van der Waals surface area contributed by atoms with Gasteiger partial charge in [0.25, 0.3) is 0 Å². The lowest BCUT2D eigenvalue weighted by Gasteiger charge is -2.12. The molecule has 0 atom stereocenters. The zero-order valence-electron chi connectivity index (χ0n) is 19.0. The number of nitrogens with zero attached hydrogens (tertiary/aromatic N) is 3. The second-order valence-corrected chi connectivity index (χ2v) is 10.3. The van der Waals surface area contributed by atoms with E-state index in [-0.39, 0.29) is 9.92 Å². The van der Waals surface area contributed by atoms with Crippen LogP contribution in [0.2, 0.25) is 0 Å². The topological polar surface area (TPSA) is 75.8 Å². The van der Waals surface area contributed by atoms with Gasteiger partial charge in [-0.25, -0.2) is 13.4 Å². The molecule has 0 aliphatic heterocycles. The highest BCUT2D eigenvalue weighted by atomic mass is 32.2. The molecule has 0 spiro atoms. The van der Waals surface area contributed by atoms with E-state index in [2.05, 4.69) is 39.9 Å². The quantitative estimate of drug-likeness (QED) is 0.284. The summed E-state index contributed by atoms with van der Waals surface area (Å²) < 4.78 is 28.5. The van der Waals surface area contributed by atoms with Crippen LogP contribution in [0.15, 0.2) is 125 Å². The molecule has 0 aliphatic rings. The lowest BCUT2D eigenvalue weighted by atomic mass is 10.0. The fourth-order valence-electron chi connectivity index (χ4n) is 4.63. The first-order chi connectivity index (χ1) is 17.6. The Bertz CT molecular complexity index is 1860. The van der Waals surface area contributed by atoms with Crippen molar-refractivity contribution in [2.24, 2.45) is 0 Å². The number of hydrogen-bond donors (Lipinski definition) is 0. The minimum atomic E-state index is -3.78. The van der Waals surface area contributed by atoms with Gasteiger partial charge in [0.05, 0.1) is 27.6 Å². The molecule has 0 saturated heterocycles. The lowest BCUT2D eigenvalue weighted by Crippen LogP contribution is -2.04. The Balaban J connectivity index is 1.56. The molecular formula is C30H19N3O2S. The minimum absolute atomic E-state index is 0.0352. The minimum Gasteiger partial charge on any atom is -0.309 e. The van der Waals surface area contributed by atoms with Gasteiger partial charge in [-0.1, -0.05) is 54.6 Å². The van der Waals surface area contributed by atoms with Crippen molar-refractivity contribution in [2.75, 3.05) is 0 Å². The lowest BCUT2D eigenvalue weighted by molar-refractivity contribution is 0.592. The Kier molecular flexibility index (Phi) is 5.14. The molecular weight excluding hydrogens is 466 g/mol. The maximum atomic E-state index is 13.2. The van der Waals surface area contributed by atoms with E-state index in [1.807, 2.05) is 36.4 Å². The molecule has 0 N–H and O–H groups in total. The molecule has 2 heterocycles. The number of hydrogen-bond acceptors (Lipinski definition) is 4. The zero-order chi connectivity index (χ0) is 24.7. The molecule has 6 rings (SSSR count). The van der Waals surface area contributed by atoms with Gasteiger partial charge in [0.1, 0.15) is 0 Å². The highest BCUT2D eigenvalue weighted by molar-refractivity contribution is 7.91. The second-order valence-electron chi connectivity index (χ2n) is 8.45. The Labute approximate surface area is 208 Å². The highest BCUT2D eigenvalue weighted by Gasteiger charge is 2.20. The number of nitriles is 1. The van der Waals surface area contributed by atoms with Crippen LogP contribution in [0.4, 0.5) is 0 Å². The number of benzene rings is 4. The van der Waals surface area contributed by atoms with Gasteiger partial charge in [0.2, 0.25) is 9.84 Å². The van der Waals surface area contributed by atoms with Crippen LogP contribution in [0.3, 0.4) is 0 Å². The monoisotopic (exact) mass is 485 g/mol. The molecule has 0 radical (unpaired) electrons. The van der Waals surface area contributed by atoms with E-state index in [1.165, 1.54) is 6.20 Å². The van der Waals surface area contributed by atoms with Crippen molar-refractivity contribution in [1.29, 1.82) is 5.26 Å². The average molecular weight is 486 g/mol. The third-order valence-electron chi connectivity index (χ3n) is 6.28. The van der Waals surface area contributed by atoms with Crippen LogP contribution in [0.1, 0.15) is 5.56 Å². The third-order valence-corrected chi connectivity index (χ3v) is 7.95. The molecule has 172 valence electrons. The van der Waals surface area contributed by atoms with Gasteiger partial charge in [0, 0.05) is 22.7 Å². The van der Waals surface area contributed by atoms with E-state index in [1.54, 1.807) is 48.5 Å². The Morgan fingerprint density at radius 1 is 0.694 bits per heavy atom. The summed E-state index contributed by atoms with van der Waals surface area (Å²) in [6.07, 6.45) is 1.49. The molecule has 0 amide bonds. The molecule has 6 aromatic rings. The molecule has 6 heteroatoms. The summed E-state index contributed by atoms with van der Waals surface area (Å²) in [5.41, 5.74) is 4.76. The first-order valence-corrected chi connectivity index (χ1v) is 12.8. The van der Waals surface area contributed by atoms with Crippen molar-refractivity contribution < 1.29 is 8.42 Å². The van der Waals surface area contributed by atoms with Crippen LogP contribution < -0.4 is 0 Å². The summed E-state index contributed by atoms with van der Waals surface area (Å²) in [5.74, 6) is 0. The summed E-state index contributed by atoms with van der Waals surface area (Å²) in [6, 6.07) is 35.8. The van der Waals surface area contributed by atoms with E-state index in [9.17, 15) is 13.7 Å². The summed E-state index contributed by atoms with van der Waals surface area (Å²) in [5, 5.41) is 12.0. The van der Waals surface area contributed by atoms with Gasteiger partial charge in [-0.15, -0.1) is 0 Å². The van der Waals surface area contributed by atoms with Crippen LogP contribution in [0, 0.1) is 11.3 Å². The van der Waals surface area contributed by atoms with Crippen molar-refractivity contribution in [3.05, 3.63) is 121 Å². The number of para-hydroxylation sites is 2. The van der Waals surface area contributed by atoms with Gasteiger partial charge in [-0.05, 0) is 65.7 Å². The molecule has 0 aliphatic carbocycles. The maximum absolute atomic E-state index is 13.2. The molecule has 0 unspecified atom stereocenters. The fraction of sp³-hybridized carbons (Fsp3) is 0. The van der Waals surface area contributed by atoms with Gasteiger partial charge >= 0.3 is 0 Å². The van der Waals surface area contributed by atoms with Crippen molar-refractivity contribution in [2.45, 2.75) is 9.92 Å². The second kappa shape index (κ2) is 8.49. The van der Waals surface area contributed by atoms with Gasteiger partial charge in [-0.2, -0.15) is 5.26 Å². The normalized spacial score (nSPS) is 11.5. The molecule has 0 fully saturated rings. The summed E-state index contributed by atoms with van der Waals surface area (Å²) in [7, 11) is -3.78. The molecule has 2 aromatic heterocycles. The predicted molar refractivity (Wildman–Crippen MR) is 141 cm³/mol. The van der Waals surface area contributed by atoms with Crippen LogP contribution in [-0.2, 0) is 9.84 Å². The van der Waals surface area contributed by atoms with Crippen molar-refractivity contribution in [1.82, 2.24) is 9.55 Å². The largest absolute Gasteiger partial charge is 0.309 e. The predicted octanol–water partition coefficient (Wildman–Crippen LogP) is 6.55. The van der Waals surface area contributed by atoms with Crippen molar-refractivity contribution in [3.63, 3.8) is 0 Å². The maximum Gasteiger partial charge on any atom is 0.223 e. The van der Waals surface area contributed by atoms with E-state index in [0.29, 0.717) is 11.1 Å². The first kappa shape index (κ1) is 21.8. The van der Waals surface area contributed by atoms with Crippen LogP contribution >= 0.6 is 0 Å². The summed E-state index contributed by atoms with van der Waals surface area (Å²) in [4.78, 5) is 4.34. The van der Waals surface area contributed by atoms with Gasteiger partial charge in [-0.3, -0.25) is 0 Å². The highest BCUT2D eigenvalue weighted by Crippen LogP contribution is 2.34. The summed E-state index contributed by atoms with van der Waals surface area (Å²) in [6.45, 7) is 0. The van der Waals surface area contributed by atoms with Crippen molar-refractivity contribution in [3.8, 4) is 22.9 Å². The number of aromatic nitrogens is 2. The smallest absolute Gasteiger partial charge is 0.223 e. The average Bonchev–Trinajstić information content (AvgIpc) is 3.28. The molecule has 0 bridgehead atoms. The van der Waals surface area contributed by atoms with Gasteiger partial charge in [0.15, 0.2) is 5.03 Å². The van der Waals surface area contributed by atoms with E-state index in [0.717, 1.165) is 33.1 Å². The molecule has 36 heavy (non-hydrogen) atoms. The summed E-state index contributed by atoms with van der Waals surface area (Å²) >= 11 is 0. The van der Waals surface area contributed by atoms with Gasteiger partial charge < -0.3 is 4.57 Å². The SMILES string of the molecule is N#Cc1cc(-c2ccnc(S(=O)(=O)c3ccccc3)c2)cc(-n2c3ccccc3c3ccccc32)c1. The van der Waals surface area contributed by atoms with E-state index >= 15 is 0 Å². The van der Waals surface area contributed by atoms with Crippen molar-refractivity contribution >= 4 is 31.6 Å². The van der Waals surface area contributed by atoms with Crippen LogP contribution in [-0.4, -0.2) is 18.0 Å². The number of pyridine rings is 1. The van der Waals surface area contributed by atoms with E-state index < -0.39 is 9.84 Å². The Hall–Kier alpha value is -4.73. The molecule has 5 nitrogen and oxygen atoms in total. The standard InChI is InChI=1S/C30H19N3O2S/c31-20-21-16-23(22-14-15-32-30(19-22)36(34,35)25-8-2-1-3-9-25)18-24(17-21)33-28-12-6-4-10-26(28)27-11-5-7-13-29(27)33/h1-19H.